The zero-order valence-electron chi connectivity index (χ0n) is 15.6. The lowest BCUT2D eigenvalue weighted by molar-refractivity contribution is 0.0708. The summed E-state index contributed by atoms with van der Waals surface area (Å²) in [5.74, 6) is -0.171. The highest BCUT2D eigenvalue weighted by Crippen LogP contribution is 2.22. The average molecular weight is 388 g/mol. The first-order valence-electron chi connectivity index (χ1n) is 9.01. The molecule has 1 heterocycles. The van der Waals surface area contributed by atoms with E-state index in [0.29, 0.717) is 24.3 Å². The van der Waals surface area contributed by atoms with E-state index in [1.807, 2.05) is 19.1 Å². The van der Waals surface area contributed by atoms with Crippen LogP contribution in [0, 0.1) is 13.8 Å². The number of rotatable bonds is 4. The Kier molecular flexibility index (Phi) is 5.53. The number of likely N-dealkylation sites (tertiary alicyclic amines) is 1. The van der Waals surface area contributed by atoms with Gasteiger partial charge in [0.1, 0.15) is 0 Å². The zero-order valence-corrected chi connectivity index (χ0v) is 16.4. The van der Waals surface area contributed by atoms with Crippen LogP contribution in [-0.2, 0) is 10.0 Å². The highest BCUT2D eigenvalue weighted by atomic mass is 32.2. The van der Waals surface area contributed by atoms with Crippen molar-refractivity contribution in [2.75, 3.05) is 17.8 Å². The van der Waals surface area contributed by atoms with Crippen LogP contribution >= 0.6 is 0 Å². The molecule has 0 saturated carbocycles. The number of nitrogens with zero attached hydrogens (tertiary/aromatic N) is 1. The van der Waals surface area contributed by atoms with Crippen LogP contribution in [0.25, 0.3) is 0 Å². The quantitative estimate of drug-likeness (QED) is 0.844. The first-order chi connectivity index (χ1) is 12.8. The van der Waals surface area contributed by atoms with Gasteiger partial charge in [-0.15, -0.1) is 0 Å². The zero-order chi connectivity index (χ0) is 19.6. The number of nitrogens with two attached hydrogens (primary N) is 1. The third kappa shape index (κ3) is 4.48. The van der Waals surface area contributed by atoms with Crippen LogP contribution in [0.5, 0.6) is 0 Å². The molecule has 1 saturated heterocycles. The van der Waals surface area contributed by atoms with Crippen molar-refractivity contribution in [3.8, 4) is 0 Å². The van der Waals surface area contributed by atoms with E-state index in [4.69, 9.17) is 5.73 Å². The molecule has 1 unspecified atom stereocenters. The molecule has 3 N–H and O–H groups in total. The maximum absolute atomic E-state index is 12.9. The number of sulfonamides is 1. The summed E-state index contributed by atoms with van der Waals surface area (Å²) < 4.78 is 28.1. The van der Waals surface area contributed by atoms with Crippen molar-refractivity contribution in [3.05, 3.63) is 59.2 Å². The smallest absolute Gasteiger partial charge is 0.261 e. The monoisotopic (exact) mass is 387 g/mol. The minimum atomic E-state index is -3.79. The van der Waals surface area contributed by atoms with Crippen molar-refractivity contribution >= 4 is 21.6 Å². The van der Waals surface area contributed by atoms with Crippen LogP contribution < -0.4 is 10.5 Å². The maximum atomic E-state index is 12.9. The van der Waals surface area contributed by atoms with Gasteiger partial charge in [0.2, 0.25) is 0 Å². The molecule has 144 valence electrons. The van der Waals surface area contributed by atoms with E-state index < -0.39 is 10.0 Å². The van der Waals surface area contributed by atoms with Gasteiger partial charge in [-0.3, -0.25) is 9.52 Å². The second-order valence-electron chi connectivity index (χ2n) is 7.10. The van der Waals surface area contributed by atoms with E-state index in [-0.39, 0.29) is 16.8 Å². The number of amides is 1. The molecule has 0 aromatic heterocycles. The fourth-order valence-electron chi connectivity index (χ4n) is 3.20. The molecule has 27 heavy (non-hydrogen) atoms. The van der Waals surface area contributed by atoms with Crippen LogP contribution in [0.2, 0.25) is 0 Å². The Morgan fingerprint density at radius 1 is 1.15 bits per heavy atom. The topological polar surface area (TPSA) is 92.5 Å². The molecule has 1 aliphatic rings. The molecule has 2 aromatic rings. The average Bonchev–Trinajstić information content (AvgIpc) is 2.63. The molecule has 1 fully saturated rings. The van der Waals surface area contributed by atoms with Gasteiger partial charge >= 0.3 is 0 Å². The van der Waals surface area contributed by atoms with Gasteiger partial charge in [0.15, 0.2) is 0 Å². The fraction of sp³-hybridized carbons (Fsp3) is 0.350. The van der Waals surface area contributed by atoms with Crippen molar-refractivity contribution in [2.24, 2.45) is 5.73 Å². The maximum Gasteiger partial charge on any atom is 0.261 e. The number of piperidine rings is 1. The largest absolute Gasteiger partial charge is 0.337 e. The molecule has 0 aliphatic carbocycles. The Morgan fingerprint density at radius 2 is 1.85 bits per heavy atom. The van der Waals surface area contributed by atoms with Crippen molar-refractivity contribution in [1.29, 1.82) is 0 Å². The molecule has 6 nitrogen and oxygen atoms in total. The van der Waals surface area contributed by atoms with E-state index in [0.717, 1.165) is 24.0 Å². The molecule has 3 rings (SSSR count). The number of nitrogens with one attached hydrogen (secondary N) is 1. The van der Waals surface area contributed by atoms with Crippen LogP contribution in [0.1, 0.15) is 34.3 Å². The van der Waals surface area contributed by atoms with Crippen molar-refractivity contribution in [1.82, 2.24) is 4.90 Å². The van der Waals surface area contributed by atoms with Crippen LogP contribution in [0.4, 0.5) is 5.69 Å². The third-order valence-electron chi connectivity index (χ3n) is 4.80. The van der Waals surface area contributed by atoms with Crippen molar-refractivity contribution in [2.45, 2.75) is 37.6 Å². The van der Waals surface area contributed by atoms with Crippen LogP contribution in [0.15, 0.2) is 47.4 Å². The minimum Gasteiger partial charge on any atom is -0.337 e. The minimum absolute atomic E-state index is 0.0295. The van der Waals surface area contributed by atoms with Gasteiger partial charge in [-0.05, 0) is 56.5 Å². The van der Waals surface area contributed by atoms with Gasteiger partial charge in [0, 0.05) is 30.4 Å². The van der Waals surface area contributed by atoms with Gasteiger partial charge < -0.3 is 10.6 Å². The molecule has 0 bridgehead atoms. The SMILES string of the molecule is Cc1ccc(NS(=O)(=O)c2ccc(C)c(C(=O)N3CCCC(N)C3)c2)cc1. The second kappa shape index (κ2) is 7.70. The van der Waals surface area contributed by atoms with E-state index in [2.05, 4.69) is 4.72 Å². The van der Waals surface area contributed by atoms with E-state index in [1.165, 1.54) is 12.1 Å². The van der Waals surface area contributed by atoms with E-state index in [1.54, 1.807) is 30.0 Å². The Bertz CT molecular complexity index is 939. The standard InChI is InChI=1S/C20H25N3O3S/c1-14-5-8-17(9-6-14)22-27(25,26)18-10-7-15(2)19(12-18)20(24)23-11-3-4-16(21)13-23/h5-10,12,16,22H,3-4,11,13,21H2,1-2H3. The number of carbonyl (C=O) groups is 1. The number of carbonyl (C=O) groups excluding carboxylic acids is 1. The van der Waals surface area contributed by atoms with E-state index in [9.17, 15) is 13.2 Å². The summed E-state index contributed by atoms with van der Waals surface area (Å²) in [5, 5.41) is 0. The second-order valence-corrected chi connectivity index (χ2v) is 8.78. The van der Waals surface area contributed by atoms with Crippen LogP contribution in [0.3, 0.4) is 0 Å². The molecule has 1 amide bonds. The number of hydrogen-bond donors (Lipinski definition) is 2. The Hall–Kier alpha value is -2.38. The van der Waals surface area contributed by atoms with Gasteiger partial charge in [0.25, 0.3) is 15.9 Å². The molecule has 1 atom stereocenters. The van der Waals surface area contributed by atoms with Crippen molar-refractivity contribution in [3.63, 3.8) is 0 Å². The predicted octanol–water partition coefficient (Wildman–Crippen LogP) is 2.67. The number of benzene rings is 2. The summed E-state index contributed by atoms with van der Waals surface area (Å²) in [6.07, 6.45) is 1.76. The van der Waals surface area contributed by atoms with E-state index >= 15 is 0 Å². The summed E-state index contributed by atoms with van der Waals surface area (Å²) in [5.41, 5.74) is 8.64. The molecule has 7 heteroatoms. The Balaban J connectivity index is 1.87. The number of hydrogen-bond acceptors (Lipinski definition) is 4. The summed E-state index contributed by atoms with van der Waals surface area (Å²) in [6.45, 7) is 4.88. The Labute approximate surface area is 160 Å². The number of aryl methyl sites for hydroxylation is 2. The summed E-state index contributed by atoms with van der Waals surface area (Å²) in [7, 11) is -3.79. The van der Waals surface area contributed by atoms with Gasteiger partial charge in [-0.2, -0.15) is 0 Å². The fourth-order valence-corrected chi connectivity index (χ4v) is 4.28. The molecule has 0 spiro atoms. The molecule has 0 radical (unpaired) electrons. The molecule has 2 aromatic carbocycles. The summed E-state index contributed by atoms with van der Waals surface area (Å²) in [4.78, 5) is 14.7. The van der Waals surface area contributed by atoms with Gasteiger partial charge in [-0.25, -0.2) is 8.42 Å². The van der Waals surface area contributed by atoms with Gasteiger partial charge in [-0.1, -0.05) is 23.8 Å². The highest BCUT2D eigenvalue weighted by molar-refractivity contribution is 7.92. The Morgan fingerprint density at radius 3 is 2.52 bits per heavy atom. The molecular weight excluding hydrogens is 362 g/mol. The molecular formula is C20H25N3O3S. The number of anilines is 1. The first-order valence-corrected chi connectivity index (χ1v) is 10.5. The van der Waals surface area contributed by atoms with Gasteiger partial charge in [0.05, 0.1) is 4.90 Å². The van der Waals surface area contributed by atoms with Crippen LogP contribution in [-0.4, -0.2) is 38.4 Å². The molecule has 1 aliphatic heterocycles. The van der Waals surface area contributed by atoms with Crippen molar-refractivity contribution < 1.29 is 13.2 Å². The third-order valence-corrected chi connectivity index (χ3v) is 6.18. The lowest BCUT2D eigenvalue weighted by Crippen LogP contribution is -2.45. The lowest BCUT2D eigenvalue weighted by atomic mass is 10.0. The normalized spacial score (nSPS) is 17.6. The summed E-state index contributed by atoms with van der Waals surface area (Å²) in [6, 6.07) is 11.7. The summed E-state index contributed by atoms with van der Waals surface area (Å²) >= 11 is 0. The lowest BCUT2D eigenvalue weighted by Gasteiger charge is -2.31. The predicted molar refractivity (Wildman–Crippen MR) is 106 cm³/mol. The highest BCUT2D eigenvalue weighted by Gasteiger charge is 2.25. The first kappa shape index (κ1) is 19.4.